The monoisotopic (exact) mass is 253 g/mol. The van der Waals surface area contributed by atoms with Gasteiger partial charge in [0.25, 0.3) is 0 Å². The van der Waals surface area contributed by atoms with Crippen LogP contribution in [0, 0.1) is 5.92 Å². The number of hydrogen-bond acceptors (Lipinski definition) is 3. The van der Waals surface area contributed by atoms with Gasteiger partial charge >= 0.3 is 0 Å². The molecule has 0 bridgehead atoms. The minimum absolute atomic E-state index is 0.634. The van der Waals surface area contributed by atoms with Crippen molar-refractivity contribution >= 4 is 0 Å². The first-order chi connectivity index (χ1) is 8.69. The third-order valence-corrected chi connectivity index (χ3v) is 2.86. The molecule has 0 atom stereocenters. The second-order valence-electron chi connectivity index (χ2n) is 5.11. The van der Waals surface area contributed by atoms with Crippen molar-refractivity contribution in [1.82, 2.24) is 15.1 Å². The van der Waals surface area contributed by atoms with E-state index >= 15 is 0 Å². The Balaban J connectivity index is 2.62. The van der Waals surface area contributed by atoms with Crippen molar-refractivity contribution in [3.63, 3.8) is 0 Å². The molecule has 0 amide bonds. The van der Waals surface area contributed by atoms with Crippen LogP contribution < -0.4 is 5.32 Å². The maximum absolute atomic E-state index is 5.03. The van der Waals surface area contributed by atoms with Crippen molar-refractivity contribution < 1.29 is 4.74 Å². The molecule has 0 spiro atoms. The Morgan fingerprint density at radius 3 is 2.83 bits per heavy atom. The molecule has 104 valence electrons. The number of aromatic nitrogens is 2. The Kier molecular flexibility index (Phi) is 6.98. The van der Waals surface area contributed by atoms with Gasteiger partial charge in [0, 0.05) is 38.0 Å². The first-order valence-electron chi connectivity index (χ1n) is 6.92. The Morgan fingerprint density at radius 2 is 2.22 bits per heavy atom. The normalized spacial score (nSPS) is 11.4. The first-order valence-corrected chi connectivity index (χ1v) is 6.92. The topological polar surface area (TPSA) is 39.1 Å². The Bertz CT molecular complexity index is 334. The number of hydrogen-bond donors (Lipinski definition) is 1. The molecule has 1 N–H and O–H groups in total. The predicted molar refractivity (Wildman–Crippen MR) is 74.6 cm³/mol. The highest BCUT2D eigenvalue weighted by Gasteiger charge is 2.10. The van der Waals surface area contributed by atoms with Crippen LogP contribution in [0.1, 0.15) is 38.4 Å². The molecule has 0 saturated carbocycles. The van der Waals surface area contributed by atoms with Gasteiger partial charge in [-0.2, -0.15) is 5.10 Å². The van der Waals surface area contributed by atoms with Crippen LogP contribution in [0.2, 0.25) is 0 Å². The van der Waals surface area contributed by atoms with Gasteiger partial charge in [-0.05, 0) is 12.3 Å². The molecule has 1 rings (SSSR count). The van der Waals surface area contributed by atoms with Crippen LogP contribution in [0.25, 0.3) is 0 Å². The number of ether oxygens (including phenoxy) is 1. The third-order valence-electron chi connectivity index (χ3n) is 2.86. The quantitative estimate of drug-likeness (QED) is 0.686. The molecule has 4 nitrogen and oxygen atoms in total. The van der Waals surface area contributed by atoms with Crippen LogP contribution in [0.3, 0.4) is 0 Å². The van der Waals surface area contributed by atoms with Crippen LogP contribution in [0.15, 0.2) is 6.20 Å². The summed E-state index contributed by atoms with van der Waals surface area (Å²) < 4.78 is 7.20. The summed E-state index contributed by atoms with van der Waals surface area (Å²) >= 11 is 0. The van der Waals surface area contributed by atoms with E-state index in [2.05, 4.69) is 35.9 Å². The molecule has 0 aliphatic heterocycles. The number of methoxy groups -OCH3 is 1. The molecular weight excluding hydrogens is 226 g/mol. The van der Waals surface area contributed by atoms with E-state index in [0.29, 0.717) is 5.92 Å². The zero-order valence-corrected chi connectivity index (χ0v) is 12.2. The van der Waals surface area contributed by atoms with Crippen molar-refractivity contribution in [2.45, 2.75) is 46.7 Å². The van der Waals surface area contributed by atoms with E-state index in [-0.39, 0.29) is 0 Å². The average molecular weight is 253 g/mol. The van der Waals surface area contributed by atoms with E-state index in [4.69, 9.17) is 4.74 Å². The van der Waals surface area contributed by atoms with Crippen LogP contribution in [-0.2, 0) is 24.2 Å². The molecule has 0 aliphatic rings. The molecule has 0 aliphatic carbocycles. The van der Waals surface area contributed by atoms with Crippen molar-refractivity contribution in [3.05, 3.63) is 17.5 Å². The summed E-state index contributed by atoms with van der Waals surface area (Å²) in [6.45, 7) is 10.2. The van der Waals surface area contributed by atoms with Gasteiger partial charge in [-0.25, -0.2) is 0 Å². The van der Waals surface area contributed by atoms with Crippen molar-refractivity contribution in [3.8, 4) is 0 Å². The van der Waals surface area contributed by atoms with E-state index in [1.54, 1.807) is 7.11 Å². The van der Waals surface area contributed by atoms with Crippen molar-refractivity contribution in [1.29, 1.82) is 0 Å². The maximum Gasteiger partial charge on any atom is 0.0587 e. The van der Waals surface area contributed by atoms with Crippen LogP contribution >= 0.6 is 0 Å². The van der Waals surface area contributed by atoms with Crippen LogP contribution in [0.4, 0.5) is 0 Å². The summed E-state index contributed by atoms with van der Waals surface area (Å²) in [5.41, 5.74) is 2.71. The smallest absolute Gasteiger partial charge is 0.0587 e. The molecule has 0 saturated heterocycles. The van der Waals surface area contributed by atoms with E-state index in [9.17, 15) is 0 Å². The van der Waals surface area contributed by atoms with Gasteiger partial charge in [0.2, 0.25) is 0 Å². The minimum Gasteiger partial charge on any atom is -0.383 e. The second kappa shape index (κ2) is 8.27. The van der Waals surface area contributed by atoms with Gasteiger partial charge < -0.3 is 10.1 Å². The fourth-order valence-electron chi connectivity index (χ4n) is 2.02. The summed E-state index contributed by atoms with van der Waals surface area (Å²) in [5.74, 6) is 0.634. The highest BCUT2D eigenvalue weighted by atomic mass is 16.5. The standard InChI is InChI=1S/C14H27N3O/c1-5-6-14-13(9-15-7-8-18-4)10-16-17(14)11-12(2)3/h10,12,15H,5-9,11H2,1-4H3. The fourth-order valence-corrected chi connectivity index (χ4v) is 2.02. The van der Waals surface area contributed by atoms with Gasteiger partial charge in [-0.3, -0.25) is 4.68 Å². The van der Waals surface area contributed by atoms with E-state index in [1.807, 2.05) is 6.20 Å². The summed E-state index contributed by atoms with van der Waals surface area (Å²) in [7, 11) is 1.73. The molecule has 0 radical (unpaired) electrons. The summed E-state index contributed by atoms with van der Waals surface area (Å²) in [4.78, 5) is 0. The van der Waals surface area contributed by atoms with E-state index in [0.717, 1.165) is 39.1 Å². The molecule has 0 unspecified atom stereocenters. The number of nitrogens with one attached hydrogen (secondary N) is 1. The lowest BCUT2D eigenvalue weighted by molar-refractivity contribution is 0.199. The number of nitrogens with zero attached hydrogens (tertiary/aromatic N) is 2. The molecule has 0 fully saturated rings. The largest absolute Gasteiger partial charge is 0.383 e. The molecule has 1 heterocycles. The zero-order chi connectivity index (χ0) is 13.4. The van der Waals surface area contributed by atoms with Crippen molar-refractivity contribution in [2.24, 2.45) is 5.92 Å². The van der Waals surface area contributed by atoms with Crippen molar-refractivity contribution in [2.75, 3.05) is 20.3 Å². The molecule has 4 heteroatoms. The summed E-state index contributed by atoms with van der Waals surface area (Å²) in [6, 6.07) is 0. The summed E-state index contributed by atoms with van der Waals surface area (Å²) in [6.07, 6.45) is 4.27. The Labute approximate surface area is 111 Å². The molecule has 1 aromatic rings. The highest BCUT2D eigenvalue weighted by Crippen LogP contribution is 2.13. The highest BCUT2D eigenvalue weighted by molar-refractivity contribution is 5.18. The summed E-state index contributed by atoms with van der Waals surface area (Å²) in [5, 5.41) is 7.91. The first kappa shape index (κ1) is 15.2. The lowest BCUT2D eigenvalue weighted by atomic mass is 10.1. The van der Waals surface area contributed by atoms with Gasteiger partial charge in [0.15, 0.2) is 0 Å². The predicted octanol–water partition coefficient (Wildman–Crippen LogP) is 2.23. The molecule has 0 aromatic carbocycles. The van der Waals surface area contributed by atoms with E-state index in [1.165, 1.54) is 11.3 Å². The lowest BCUT2D eigenvalue weighted by Crippen LogP contribution is -2.19. The van der Waals surface area contributed by atoms with Gasteiger partial charge in [0.1, 0.15) is 0 Å². The Hall–Kier alpha value is -0.870. The van der Waals surface area contributed by atoms with Crippen LogP contribution in [0.5, 0.6) is 0 Å². The average Bonchev–Trinajstić information content (AvgIpc) is 2.68. The SMILES string of the molecule is CCCc1c(CNCCOC)cnn1CC(C)C. The van der Waals surface area contributed by atoms with E-state index < -0.39 is 0 Å². The molecule has 1 aromatic heterocycles. The number of rotatable bonds is 9. The fraction of sp³-hybridized carbons (Fsp3) is 0.786. The third kappa shape index (κ3) is 4.78. The maximum atomic E-state index is 5.03. The molecular formula is C14H27N3O. The van der Waals surface area contributed by atoms with Crippen LogP contribution in [-0.4, -0.2) is 30.0 Å². The molecule has 18 heavy (non-hydrogen) atoms. The minimum atomic E-state index is 0.634. The zero-order valence-electron chi connectivity index (χ0n) is 12.2. The van der Waals surface area contributed by atoms with Gasteiger partial charge in [0.05, 0.1) is 12.8 Å². The van der Waals surface area contributed by atoms with Gasteiger partial charge in [-0.15, -0.1) is 0 Å². The second-order valence-corrected chi connectivity index (χ2v) is 5.11. The lowest BCUT2D eigenvalue weighted by Gasteiger charge is -2.11. The van der Waals surface area contributed by atoms with Gasteiger partial charge in [-0.1, -0.05) is 27.2 Å². The Morgan fingerprint density at radius 1 is 1.44 bits per heavy atom.